The summed E-state index contributed by atoms with van der Waals surface area (Å²) in [6.45, 7) is 4.46. The van der Waals surface area contributed by atoms with E-state index in [-0.39, 0.29) is 5.91 Å². The van der Waals surface area contributed by atoms with E-state index in [0.29, 0.717) is 24.6 Å². The molecule has 1 saturated heterocycles. The number of benzene rings is 2. The lowest BCUT2D eigenvalue weighted by molar-refractivity contribution is 0.0786. The zero-order chi connectivity index (χ0) is 18.5. The Labute approximate surface area is 159 Å². The second-order valence-corrected chi connectivity index (χ2v) is 7.29. The summed E-state index contributed by atoms with van der Waals surface area (Å²) in [5, 5.41) is 0.754. The molecule has 1 aliphatic rings. The lowest BCUT2D eigenvalue weighted by Crippen LogP contribution is -2.29. The molecule has 0 aliphatic carbocycles. The molecule has 1 heterocycles. The van der Waals surface area contributed by atoms with Crippen molar-refractivity contribution >= 4 is 17.5 Å². The number of amides is 1. The normalized spacial score (nSPS) is 16.7. The molecule has 4 nitrogen and oxygen atoms in total. The van der Waals surface area contributed by atoms with E-state index in [9.17, 15) is 4.79 Å². The molecule has 1 amide bonds. The number of rotatable bonds is 6. The molecular formula is C21H25ClN2O2. The Morgan fingerprint density at radius 2 is 2.04 bits per heavy atom. The van der Waals surface area contributed by atoms with Gasteiger partial charge in [-0.15, -0.1) is 0 Å². The third kappa shape index (κ3) is 4.57. The molecule has 1 atom stereocenters. The predicted molar refractivity (Wildman–Crippen MR) is 105 cm³/mol. The Morgan fingerprint density at radius 1 is 1.27 bits per heavy atom. The quantitative estimate of drug-likeness (QED) is 0.841. The lowest BCUT2D eigenvalue weighted by atomic mass is 9.99. The van der Waals surface area contributed by atoms with Gasteiger partial charge in [0.25, 0.3) is 5.91 Å². The first-order valence-electron chi connectivity index (χ1n) is 9.04. The van der Waals surface area contributed by atoms with E-state index in [4.69, 9.17) is 22.1 Å². The highest BCUT2D eigenvalue weighted by molar-refractivity contribution is 6.30. The highest BCUT2D eigenvalue weighted by Crippen LogP contribution is 2.25. The highest BCUT2D eigenvalue weighted by Gasteiger charge is 2.27. The van der Waals surface area contributed by atoms with E-state index in [0.717, 1.165) is 42.3 Å². The summed E-state index contributed by atoms with van der Waals surface area (Å²) >= 11 is 5.95. The van der Waals surface area contributed by atoms with Crippen LogP contribution in [0.1, 0.15) is 27.9 Å². The number of hydrogen-bond donors (Lipinski definition) is 1. The largest absolute Gasteiger partial charge is 0.492 e. The average Bonchev–Trinajstić information content (AvgIpc) is 3.11. The molecule has 0 spiro atoms. The van der Waals surface area contributed by atoms with Crippen molar-refractivity contribution in [2.24, 2.45) is 11.7 Å². The summed E-state index contributed by atoms with van der Waals surface area (Å²) in [5.74, 6) is 1.29. The third-order valence-corrected chi connectivity index (χ3v) is 5.07. The van der Waals surface area contributed by atoms with Crippen molar-refractivity contribution in [3.05, 3.63) is 64.2 Å². The van der Waals surface area contributed by atoms with E-state index in [1.54, 1.807) is 0 Å². The predicted octanol–water partition coefficient (Wildman–Crippen LogP) is 3.69. The Bertz CT molecular complexity index is 761. The van der Waals surface area contributed by atoms with Gasteiger partial charge in [0.1, 0.15) is 12.4 Å². The van der Waals surface area contributed by atoms with Crippen molar-refractivity contribution in [1.82, 2.24) is 4.90 Å². The molecule has 1 unspecified atom stereocenters. The molecule has 0 saturated carbocycles. The maximum Gasteiger partial charge on any atom is 0.253 e. The van der Waals surface area contributed by atoms with E-state index in [1.165, 1.54) is 5.56 Å². The van der Waals surface area contributed by atoms with Crippen LogP contribution in [0.15, 0.2) is 42.5 Å². The molecule has 0 radical (unpaired) electrons. The van der Waals surface area contributed by atoms with E-state index >= 15 is 0 Å². The molecule has 5 heteroatoms. The van der Waals surface area contributed by atoms with Gasteiger partial charge in [-0.25, -0.2) is 0 Å². The van der Waals surface area contributed by atoms with Gasteiger partial charge in [-0.05, 0) is 61.1 Å². The fraction of sp³-hybridized carbons (Fsp3) is 0.381. The molecule has 3 rings (SSSR count). The van der Waals surface area contributed by atoms with E-state index < -0.39 is 0 Å². The number of nitrogens with zero attached hydrogens (tertiary/aromatic N) is 1. The fourth-order valence-electron chi connectivity index (χ4n) is 3.38. The maximum atomic E-state index is 12.9. The topological polar surface area (TPSA) is 55.6 Å². The maximum absolute atomic E-state index is 12.9. The minimum absolute atomic E-state index is 0.0706. The molecule has 26 heavy (non-hydrogen) atoms. The van der Waals surface area contributed by atoms with Crippen LogP contribution in [-0.4, -0.2) is 37.0 Å². The number of aryl methyl sites for hydroxylation is 1. The van der Waals surface area contributed by atoms with Crippen LogP contribution in [0.4, 0.5) is 0 Å². The van der Waals surface area contributed by atoms with Crippen molar-refractivity contribution < 1.29 is 9.53 Å². The van der Waals surface area contributed by atoms with Crippen LogP contribution in [0.25, 0.3) is 0 Å². The average molecular weight is 373 g/mol. The Balaban J connectivity index is 1.63. The lowest BCUT2D eigenvalue weighted by Gasteiger charge is -2.18. The molecule has 2 N–H and O–H groups in total. The fourth-order valence-corrected chi connectivity index (χ4v) is 3.50. The molecule has 1 fully saturated rings. The molecule has 2 aromatic rings. The van der Waals surface area contributed by atoms with E-state index in [1.807, 2.05) is 42.2 Å². The van der Waals surface area contributed by atoms with Crippen molar-refractivity contribution in [2.75, 3.05) is 26.2 Å². The van der Waals surface area contributed by atoms with Crippen molar-refractivity contribution in [3.8, 4) is 5.75 Å². The summed E-state index contributed by atoms with van der Waals surface area (Å²) in [4.78, 5) is 14.8. The van der Waals surface area contributed by atoms with Crippen LogP contribution >= 0.6 is 11.6 Å². The van der Waals surface area contributed by atoms with Gasteiger partial charge >= 0.3 is 0 Å². The summed E-state index contributed by atoms with van der Waals surface area (Å²) < 4.78 is 5.64. The highest BCUT2D eigenvalue weighted by atomic mass is 35.5. The van der Waals surface area contributed by atoms with Gasteiger partial charge in [0.15, 0.2) is 0 Å². The molecule has 138 valence electrons. The van der Waals surface area contributed by atoms with Gasteiger partial charge in [0.2, 0.25) is 0 Å². The van der Waals surface area contributed by atoms with Gasteiger partial charge in [-0.3, -0.25) is 4.79 Å². The first-order chi connectivity index (χ1) is 12.6. The number of nitrogens with two attached hydrogens (primary N) is 1. The first-order valence-corrected chi connectivity index (χ1v) is 9.42. The summed E-state index contributed by atoms with van der Waals surface area (Å²) in [5.41, 5.74) is 8.46. The zero-order valence-electron chi connectivity index (χ0n) is 15.1. The molecule has 0 bridgehead atoms. The second kappa shape index (κ2) is 8.56. The Hall–Kier alpha value is -2.04. The third-order valence-electron chi connectivity index (χ3n) is 4.82. The summed E-state index contributed by atoms with van der Waals surface area (Å²) in [6, 6.07) is 13.6. The van der Waals surface area contributed by atoms with Gasteiger partial charge in [0, 0.05) is 30.2 Å². The van der Waals surface area contributed by atoms with Crippen molar-refractivity contribution in [2.45, 2.75) is 19.8 Å². The van der Waals surface area contributed by atoms with Crippen LogP contribution in [0.3, 0.4) is 0 Å². The van der Waals surface area contributed by atoms with E-state index in [2.05, 4.69) is 12.1 Å². The van der Waals surface area contributed by atoms with Gasteiger partial charge in [-0.2, -0.15) is 0 Å². The number of carbonyl (C=O) groups is 1. The molecular weight excluding hydrogens is 348 g/mol. The summed E-state index contributed by atoms with van der Waals surface area (Å²) in [7, 11) is 0. The summed E-state index contributed by atoms with van der Waals surface area (Å²) in [6.07, 6.45) is 2.00. The van der Waals surface area contributed by atoms with Gasteiger partial charge < -0.3 is 15.4 Å². The monoisotopic (exact) mass is 372 g/mol. The molecule has 0 aromatic heterocycles. The van der Waals surface area contributed by atoms with Crippen molar-refractivity contribution in [3.63, 3.8) is 0 Å². The van der Waals surface area contributed by atoms with Gasteiger partial charge in [0.05, 0.1) is 0 Å². The van der Waals surface area contributed by atoms with Crippen LogP contribution in [0.5, 0.6) is 5.75 Å². The number of hydrogen-bond acceptors (Lipinski definition) is 3. The van der Waals surface area contributed by atoms with Crippen LogP contribution in [0, 0.1) is 12.8 Å². The SMILES string of the molecule is Cc1ccc(C(=O)N2CCC(Cc3ccc(Cl)cc3)C2)cc1OCCN. The van der Waals surface area contributed by atoms with Crippen molar-refractivity contribution in [1.29, 1.82) is 0 Å². The number of likely N-dealkylation sites (tertiary alicyclic amines) is 1. The van der Waals surface area contributed by atoms with Crippen LogP contribution < -0.4 is 10.5 Å². The van der Waals surface area contributed by atoms with Crippen LogP contribution in [-0.2, 0) is 6.42 Å². The molecule has 2 aromatic carbocycles. The minimum atomic E-state index is 0.0706. The Kier molecular flexibility index (Phi) is 6.17. The molecule has 1 aliphatic heterocycles. The first kappa shape index (κ1) is 18.7. The smallest absolute Gasteiger partial charge is 0.253 e. The second-order valence-electron chi connectivity index (χ2n) is 6.85. The zero-order valence-corrected chi connectivity index (χ0v) is 15.8. The number of ether oxygens (including phenoxy) is 1. The number of halogens is 1. The standard InChI is InChI=1S/C21H25ClN2O2/c1-15-2-5-18(13-20(15)26-11-9-23)21(25)24-10-8-17(14-24)12-16-3-6-19(22)7-4-16/h2-7,13,17H,8-12,14,23H2,1H3. The minimum Gasteiger partial charge on any atom is -0.492 e. The Morgan fingerprint density at radius 3 is 2.77 bits per heavy atom. The van der Waals surface area contributed by atoms with Crippen LogP contribution in [0.2, 0.25) is 5.02 Å². The van der Waals surface area contributed by atoms with Gasteiger partial charge in [-0.1, -0.05) is 29.8 Å². The number of carbonyl (C=O) groups excluding carboxylic acids is 1.